The number of nitrogens with one attached hydrogen (secondary N) is 1. The summed E-state index contributed by atoms with van der Waals surface area (Å²) >= 11 is 0. The van der Waals surface area contributed by atoms with Gasteiger partial charge in [-0.15, -0.1) is 0 Å². The van der Waals surface area contributed by atoms with Gasteiger partial charge in [0.25, 0.3) is 0 Å². The minimum atomic E-state index is -0.430. The maximum atomic E-state index is 11.4. The number of methoxy groups -OCH3 is 2. The standard InChI is InChI=1S/C13H20N2O3/c1-17-12(18-2)9-15-11(13(14)16)8-10-6-4-3-5-7-10/h3-7,11-12,15H,8-9H2,1-2H3,(H2,14,16). The predicted molar refractivity (Wildman–Crippen MR) is 68.9 cm³/mol. The zero-order valence-corrected chi connectivity index (χ0v) is 10.8. The highest BCUT2D eigenvalue weighted by Gasteiger charge is 2.17. The van der Waals surface area contributed by atoms with Crippen LogP contribution >= 0.6 is 0 Å². The van der Waals surface area contributed by atoms with Gasteiger partial charge in [-0.3, -0.25) is 4.79 Å². The molecule has 100 valence electrons. The maximum Gasteiger partial charge on any atom is 0.234 e. The van der Waals surface area contributed by atoms with Crippen LogP contribution in [-0.2, 0) is 20.7 Å². The van der Waals surface area contributed by atoms with Crippen LogP contribution in [0, 0.1) is 0 Å². The lowest BCUT2D eigenvalue weighted by Gasteiger charge is -2.19. The molecule has 0 heterocycles. The molecule has 5 nitrogen and oxygen atoms in total. The summed E-state index contributed by atoms with van der Waals surface area (Å²) in [6.07, 6.45) is 0.165. The van der Waals surface area contributed by atoms with Crippen LogP contribution < -0.4 is 11.1 Å². The van der Waals surface area contributed by atoms with Crippen LogP contribution in [0.5, 0.6) is 0 Å². The minimum Gasteiger partial charge on any atom is -0.368 e. The van der Waals surface area contributed by atoms with Crippen molar-refractivity contribution in [1.82, 2.24) is 5.32 Å². The van der Waals surface area contributed by atoms with Crippen molar-refractivity contribution in [2.24, 2.45) is 5.73 Å². The smallest absolute Gasteiger partial charge is 0.234 e. The first-order valence-electron chi connectivity index (χ1n) is 5.79. The van der Waals surface area contributed by atoms with Crippen LogP contribution in [0.25, 0.3) is 0 Å². The van der Waals surface area contributed by atoms with Gasteiger partial charge in [-0.25, -0.2) is 0 Å². The number of nitrogens with two attached hydrogens (primary N) is 1. The van der Waals surface area contributed by atoms with Crippen LogP contribution in [0.15, 0.2) is 30.3 Å². The Labute approximate surface area is 107 Å². The largest absolute Gasteiger partial charge is 0.368 e. The van der Waals surface area contributed by atoms with E-state index in [1.165, 1.54) is 0 Å². The number of hydrogen-bond donors (Lipinski definition) is 2. The average molecular weight is 252 g/mol. The molecule has 0 bridgehead atoms. The van der Waals surface area contributed by atoms with E-state index in [0.717, 1.165) is 5.56 Å². The van der Waals surface area contributed by atoms with Gasteiger partial charge in [-0.2, -0.15) is 0 Å². The van der Waals surface area contributed by atoms with Crippen molar-refractivity contribution in [2.45, 2.75) is 18.8 Å². The molecule has 0 saturated heterocycles. The number of benzene rings is 1. The zero-order chi connectivity index (χ0) is 13.4. The lowest BCUT2D eigenvalue weighted by molar-refractivity contribution is -0.122. The second kappa shape index (κ2) is 7.81. The summed E-state index contributed by atoms with van der Waals surface area (Å²) in [7, 11) is 3.10. The SMILES string of the molecule is COC(CNC(Cc1ccccc1)C(N)=O)OC. The number of amides is 1. The van der Waals surface area contributed by atoms with Crippen LogP contribution in [0.1, 0.15) is 5.56 Å². The maximum absolute atomic E-state index is 11.4. The number of rotatable bonds is 8. The lowest BCUT2D eigenvalue weighted by Crippen LogP contribution is -2.46. The van der Waals surface area contributed by atoms with Gasteiger partial charge < -0.3 is 20.5 Å². The molecule has 0 fully saturated rings. The van der Waals surface area contributed by atoms with E-state index in [0.29, 0.717) is 13.0 Å². The molecule has 0 aliphatic carbocycles. The van der Waals surface area contributed by atoms with Crippen molar-refractivity contribution in [3.8, 4) is 0 Å². The fourth-order valence-electron chi connectivity index (χ4n) is 1.62. The molecule has 0 aromatic heterocycles. The highest BCUT2D eigenvalue weighted by atomic mass is 16.7. The van der Waals surface area contributed by atoms with Crippen molar-refractivity contribution >= 4 is 5.91 Å². The van der Waals surface area contributed by atoms with E-state index in [-0.39, 0.29) is 12.2 Å². The molecule has 5 heteroatoms. The van der Waals surface area contributed by atoms with Gasteiger partial charge in [0.05, 0.1) is 6.04 Å². The second-order valence-corrected chi connectivity index (χ2v) is 3.95. The third-order valence-electron chi connectivity index (χ3n) is 2.68. The fraction of sp³-hybridized carbons (Fsp3) is 0.462. The van der Waals surface area contributed by atoms with Gasteiger partial charge >= 0.3 is 0 Å². The highest BCUT2D eigenvalue weighted by Crippen LogP contribution is 2.03. The van der Waals surface area contributed by atoms with Crippen molar-refractivity contribution in [3.05, 3.63) is 35.9 Å². The number of carbonyl (C=O) groups excluding carboxylic acids is 1. The third kappa shape index (κ3) is 4.83. The quantitative estimate of drug-likeness (QED) is 0.652. The Kier molecular flexibility index (Phi) is 6.35. The van der Waals surface area contributed by atoms with E-state index >= 15 is 0 Å². The molecule has 1 amide bonds. The summed E-state index contributed by atoms with van der Waals surface area (Å²) in [6, 6.07) is 9.28. The summed E-state index contributed by atoms with van der Waals surface area (Å²) in [4.78, 5) is 11.4. The molecule has 1 aromatic carbocycles. The van der Waals surface area contributed by atoms with Crippen LogP contribution in [-0.4, -0.2) is 39.0 Å². The van der Waals surface area contributed by atoms with E-state index in [2.05, 4.69) is 5.32 Å². The molecule has 3 N–H and O–H groups in total. The normalized spacial score (nSPS) is 12.6. The van der Waals surface area contributed by atoms with E-state index in [1.54, 1.807) is 14.2 Å². The molecule has 18 heavy (non-hydrogen) atoms. The summed E-state index contributed by atoms with van der Waals surface area (Å²) in [5.41, 5.74) is 6.43. The lowest BCUT2D eigenvalue weighted by atomic mass is 10.1. The van der Waals surface area contributed by atoms with Crippen molar-refractivity contribution < 1.29 is 14.3 Å². The molecule has 0 radical (unpaired) electrons. The first-order valence-corrected chi connectivity index (χ1v) is 5.79. The monoisotopic (exact) mass is 252 g/mol. The van der Waals surface area contributed by atoms with E-state index in [1.807, 2.05) is 30.3 Å². The van der Waals surface area contributed by atoms with Crippen molar-refractivity contribution in [3.63, 3.8) is 0 Å². The molecule has 1 rings (SSSR count). The number of ether oxygens (including phenoxy) is 2. The predicted octanol–water partition coefficient (Wildman–Crippen LogP) is 0.291. The van der Waals surface area contributed by atoms with Crippen molar-refractivity contribution in [2.75, 3.05) is 20.8 Å². The zero-order valence-electron chi connectivity index (χ0n) is 10.8. The molecule has 0 aliphatic heterocycles. The first-order chi connectivity index (χ1) is 8.67. The molecular formula is C13H20N2O3. The van der Waals surface area contributed by atoms with E-state index in [4.69, 9.17) is 15.2 Å². The summed E-state index contributed by atoms with van der Waals surface area (Å²) < 4.78 is 10.1. The van der Waals surface area contributed by atoms with Gasteiger partial charge in [0, 0.05) is 20.8 Å². The van der Waals surface area contributed by atoms with Crippen LogP contribution in [0.2, 0.25) is 0 Å². The highest BCUT2D eigenvalue weighted by molar-refractivity contribution is 5.80. The molecular weight excluding hydrogens is 232 g/mol. The van der Waals surface area contributed by atoms with Gasteiger partial charge in [0.1, 0.15) is 0 Å². The topological polar surface area (TPSA) is 73.6 Å². The molecule has 0 saturated carbocycles. The Morgan fingerprint density at radius 2 is 1.89 bits per heavy atom. The van der Waals surface area contributed by atoms with Crippen LogP contribution in [0.3, 0.4) is 0 Å². The summed E-state index contributed by atoms with van der Waals surface area (Å²) in [5.74, 6) is -0.384. The number of hydrogen-bond acceptors (Lipinski definition) is 4. The number of carbonyl (C=O) groups is 1. The van der Waals surface area contributed by atoms with E-state index < -0.39 is 6.04 Å². The van der Waals surface area contributed by atoms with Gasteiger partial charge in [-0.1, -0.05) is 30.3 Å². The Morgan fingerprint density at radius 1 is 1.28 bits per heavy atom. The number of primary amides is 1. The van der Waals surface area contributed by atoms with Crippen molar-refractivity contribution in [1.29, 1.82) is 0 Å². The molecule has 1 aromatic rings. The Morgan fingerprint density at radius 3 is 2.39 bits per heavy atom. The average Bonchev–Trinajstić information content (AvgIpc) is 2.39. The van der Waals surface area contributed by atoms with Gasteiger partial charge in [0.15, 0.2) is 6.29 Å². The third-order valence-corrected chi connectivity index (χ3v) is 2.68. The fourth-order valence-corrected chi connectivity index (χ4v) is 1.62. The molecule has 0 spiro atoms. The Balaban J connectivity index is 2.53. The summed E-state index contributed by atoms with van der Waals surface area (Å²) in [5, 5.41) is 3.05. The molecule has 1 atom stereocenters. The summed E-state index contributed by atoms with van der Waals surface area (Å²) in [6.45, 7) is 0.410. The minimum absolute atomic E-state index is 0.384. The molecule has 1 unspecified atom stereocenters. The van der Waals surface area contributed by atoms with Gasteiger partial charge in [-0.05, 0) is 12.0 Å². The Hall–Kier alpha value is -1.43. The molecule has 0 aliphatic rings. The van der Waals surface area contributed by atoms with Gasteiger partial charge in [0.2, 0.25) is 5.91 Å². The second-order valence-electron chi connectivity index (χ2n) is 3.95. The van der Waals surface area contributed by atoms with Crippen LogP contribution in [0.4, 0.5) is 0 Å². The Bertz CT molecular complexity index is 353. The first kappa shape index (κ1) is 14.6. The van der Waals surface area contributed by atoms with E-state index in [9.17, 15) is 4.79 Å².